The first-order chi connectivity index (χ1) is 16.5. The van der Waals surface area contributed by atoms with Crippen molar-refractivity contribution < 1.29 is 4.79 Å². The zero-order valence-corrected chi connectivity index (χ0v) is 19.7. The number of nitrogens with one attached hydrogen (secondary N) is 2. The Labute approximate surface area is 199 Å². The number of rotatable bonds is 6. The molecule has 34 heavy (non-hydrogen) atoms. The number of amides is 1. The third-order valence-electron chi connectivity index (χ3n) is 6.25. The maximum absolute atomic E-state index is 12.7. The molecule has 0 saturated carbocycles. The van der Waals surface area contributed by atoms with E-state index in [1.54, 1.807) is 0 Å². The van der Waals surface area contributed by atoms with E-state index in [1.165, 1.54) is 19.3 Å². The summed E-state index contributed by atoms with van der Waals surface area (Å²) in [7, 11) is 2.00. The van der Waals surface area contributed by atoms with Crippen LogP contribution in [-0.2, 0) is 18.3 Å². The van der Waals surface area contributed by atoms with Gasteiger partial charge >= 0.3 is 0 Å². The molecule has 1 amide bonds. The number of nitrogens with zero attached hydrogens (tertiary/aromatic N) is 4. The lowest BCUT2D eigenvalue weighted by Crippen LogP contribution is -2.31. The van der Waals surface area contributed by atoms with Gasteiger partial charge < -0.3 is 20.1 Å². The second-order valence-corrected chi connectivity index (χ2v) is 8.95. The first-order valence-electron chi connectivity index (χ1n) is 11.9. The highest BCUT2D eigenvalue weighted by Gasteiger charge is 2.15. The van der Waals surface area contributed by atoms with Crippen molar-refractivity contribution in [1.82, 2.24) is 14.5 Å². The molecule has 0 atom stereocenters. The SMILES string of the molecule is Cc1cc(Nc2ccc(NC(=O)Cc3cn(C)c4ccccc34)cc2)nc(N2CCCCC2)n1. The number of aromatic nitrogens is 3. The van der Waals surface area contributed by atoms with Gasteiger partial charge in [0.1, 0.15) is 5.82 Å². The second kappa shape index (κ2) is 9.55. The number of hydrogen-bond donors (Lipinski definition) is 2. The van der Waals surface area contributed by atoms with Crippen LogP contribution in [0.4, 0.5) is 23.1 Å². The Balaban J connectivity index is 1.23. The fourth-order valence-corrected chi connectivity index (χ4v) is 4.58. The third kappa shape index (κ3) is 4.88. The van der Waals surface area contributed by atoms with Gasteiger partial charge in [0.05, 0.1) is 6.42 Å². The van der Waals surface area contributed by atoms with Crippen LogP contribution in [0.2, 0.25) is 0 Å². The molecule has 0 radical (unpaired) electrons. The molecule has 2 aromatic carbocycles. The van der Waals surface area contributed by atoms with E-state index >= 15 is 0 Å². The van der Waals surface area contributed by atoms with Gasteiger partial charge in [0.15, 0.2) is 0 Å². The molecule has 174 valence electrons. The van der Waals surface area contributed by atoms with E-state index in [4.69, 9.17) is 4.98 Å². The van der Waals surface area contributed by atoms with E-state index in [2.05, 4.69) is 37.2 Å². The standard InChI is InChI=1S/C27H30N6O/c1-19-16-25(31-27(28-19)33-14-6-3-7-15-33)29-21-10-12-22(13-11-21)30-26(34)17-20-18-32(2)24-9-5-4-8-23(20)24/h4-5,8-13,16,18H,3,6-7,14-15,17H2,1-2H3,(H,30,34)(H,28,29,31). The molecule has 1 fully saturated rings. The molecule has 7 nitrogen and oxygen atoms in total. The van der Waals surface area contributed by atoms with E-state index in [1.807, 2.05) is 62.6 Å². The predicted molar refractivity (Wildman–Crippen MR) is 138 cm³/mol. The zero-order chi connectivity index (χ0) is 23.5. The largest absolute Gasteiger partial charge is 0.350 e. The molecule has 5 rings (SSSR count). The van der Waals surface area contributed by atoms with E-state index in [0.29, 0.717) is 6.42 Å². The number of anilines is 4. The molecular weight excluding hydrogens is 424 g/mol. The Bertz CT molecular complexity index is 1300. The minimum atomic E-state index is -0.0327. The molecule has 7 heteroatoms. The Morgan fingerprint density at radius 2 is 1.71 bits per heavy atom. The number of carbonyl (C=O) groups excluding carboxylic acids is 1. The summed E-state index contributed by atoms with van der Waals surface area (Å²) in [5, 5.41) is 7.50. The van der Waals surface area contributed by atoms with E-state index in [-0.39, 0.29) is 5.91 Å². The molecule has 1 saturated heterocycles. The van der Waals surface area contributed by atoms with Crippen LogP contribution in [0.25, 0.3) is 10.9 Å². The van der Waals surface area contributed by atoms with Gasteiger partial charge in [-0.25, -0.2) is 4.98 Å². The summed E-state index contributed by atoms with van der Waals surface area (Å²) in [6.45, 7) is 4.01. The highest BCUT2D eigenvalue weighted by Crippen LogP contribution is 2.23. The number of benzene rings is 2. The van der Waals surface area contributed by atoms with Gasteiger partial charge in [0, 0.05) is 60.4 Å². The van der Waals surface area contributed by atoms with Crippen LogP contribution >= 0.6 is 0 Å². The second-order valence-electron chi connectivity index (χ2n) is 8.95. The first-order valence-corrected chi connectivity index (χ1v) is 11.9. The lowest BCUT2D eigenvalue weighted by Gasteiger charge is -2.27. The van der Waals surface area contributed by atoms with E-state index in [9.17, 15) is 4.79 Å². The fourth-order valence-electron chi connectivity index (χ4n) is 4.58. The normalized spacial score (nSPS) is 13.8. The summed E-state index contributed by atoms with van der Waals surface area (Å²) in [6, 6.07) is 17.8. The topological polar surface area (TPSA) is 75.1 Å². The first kappa shape index (κ1) is 21.9. The van der Waals surface area contributed by atoms with Gasteiger partial charge in [-0.1, -0.05) is 18.2 Å². The molecule has 2 aromatic heterocycles. The summed E-state index contributed by atoms with van der Waals surface area (Å²) < 4.78 is 2.06. The molecule has 3 heterocycles. The summed E-state index contributed by atoms with van der Waals surface area (Å²) in [4.78, 5) is 24.3. The summed E-state index contributed by atoms with van der Waals surface area (Å²) >= 11 is 0. The monoisotopic (exact) mass is 454 g/mol. The van der Waals surface area contributed by atoms with Crippen molar-refractivity contribution >= 4 is 40.0 Å². The summed E-state index contributed by atoms with van der Waals surface area (Å²) in [5.74, 6) is 1.54. The molecule has 0 aliphatic carbocycles. The van der Waals surface area contributed by atoms with Crippen molar-refractivity contribution in [2.24, 2.45) is 7.05 Å². The number of piperidine rings is 1. The van der Waals surface area contributed by atoms with Crippen LogP contribution < -0.4 is 15.5 Å². The molecule has 1 aliphatic heterocycles. The lowest BCUT2D eigenvalue weighted by atomic mass is 10.1. The molecule has 0 bridgehead atoms. The maximum Gasteiger partial charge on any atom is 0.228 e. The van der Waals surface area contributed by atoms with Crippen molar-refractivity contribution in [3.63, 3.8) is 0 Å². The lowest BCUT2D eigenvalue weighted by molar-refractivity contribution is -0.115. The smallest absolute Gasteiger partial charge is 0.228 e. The highest BCUT2D eigenvalue weighted by atomic mass is 16.1. The molecular formula is C27H30N6O. The highest BCUT2D eigenvalue weighted by molar-refractivity contribution is 5.96. The minimum absolute atomic E-state index is 0.0327. The number of carbonyl (C=O) groups is 1. The Morgan fingerprint density at radius 3 is 2.50 bits per heavy atom. The van der Waals surface area contributed by atoms with E-state index in [0.717, 1.165) is 58.4 Å². The average Bonchev–Trinajstić information content (AvgIpc) is 3.16. The van der Waals surface area contributed by atoms with E-state index < -0.39 is 0 Å². The van der Waals surface area contributed by atoms with Gasteiger partial charge in [-0.2, -0.15) is 4.98 Å². The number of fused-ring (bicyclic) bond motifs is 1. The summed E-state index contributed by atoms with van der Waals surface area (Å²) in [6.07, 6.45) is 6.01. The van der Waals surface area contributed by atoms with Crippen LogP contribution in [0.1, 0.15) is 30.5 Å². The molecule has 0 unspecified atom stereocenters. The average molecular weight is 455 g/mol. The van der Waals surface area contributed by atoms with Crippen molar-refractivity contribution in [1.29, 1.82) is 0 Å². The van der Waals surface area contributed by atoms with Gasteiger partial charge in [-0.15, -0.1) is 0 Å². The van der Waals surface area contributed by atoms with Crippen LogP contribution in [0, 0.1) is 6.92 Å². The van der Waals surface area contributed by atoms with Crippen molar-refractivity contribution in [2.75, 3.05) is 28.6 Å². The number of para-hydroxylation sites is 1. The zero-order valence-electron chi connectivity index (χ0n) is 19.7. The number of hydrogen-bond acceptors (Lipinski definition) is 5. The Kier molecular flexibility index (Phi) is 6.16. The molecule has 1 aliphatic rings. The van der Waals surface area contributed by atoms with Gasteiger partial charge in [0.2, 0.25) is 11.9 Å². The van der Waals surface area contributed by atoms with Crippen molar-refractivity contribution in [2.45, 2.75) is 32.6 Å². The maximum atomic E-state index is 12.7. The van der Waals surface area contributed by atoms with Gasteiger partial charge in [0.25, 0.3) is 0 Å². The van der Waals surface area contributed by atoms with Crippen molar-refractivity contribution in [3.05, 3.63) is 72.1 Å². The van der Waals surface area contributed by atoms with Crippen LogP contribution in [0.15, 0.2) is 60.8 Å². The van der Waals surface area contributed by atoms with Crippen molar-refractivity contribution in [3.8, 4) is 0 Å². The van der Waals surface area contributed by atoms with Crippen LogP contribution in [0.3, 0.4) is 0 Å². The molecule has 4 aromatic rings. The fraction of sp³-hybridized carbons (Fsp3) is 0.296. The quantitative estimate of drug-likeness (QED) is 0.419. The van der Waals surface area contributed by atoms with Gasteiger partial charge in [-0.05, 0) is 62.1 Å². The summed E-state index contributed by atoms with van der Waals surface area (Å²) in [5.41, 5.74) is 4.77. The van der Waals surface area contributed by atoms with Crippen LogP contribution in [0.5, 0.6) is 0 Å². The third-order valence-corrected chi connectivity index (χ3v) is 6.25. The van der Waals surface area contributed by atoms with Crippen LogP contribution in [-0.4, -0.2) is 33.5 Å². The molecule has 2 N–H and O–H groups in total. The molecule has 0 spiro atoms. The number of aryl methyl sites for hydroxylation is 2. The predicted octanol–water partition coefficient (Wildman–Crippen LogP) is 5.19. The Hall–Kier alpha value is -3.87. The minimum Gasteiger partial charge on any atom is -0.350 e. The Morgan fingerprint density at radius 1 is 0.971 bits per heavy atom. The van der Waals surface area contributed by atoms with Gasteiger partial charge in [-0.3, -0.25) is 4.79 Å².